The van der Waals surface area contributed by atoms with E-state index in [-0.39, 0.29) is 11.9 Å². The van der Waals surface area contributed by atoms with Crippen LogP contribution in [0.25, 0.3) is 0 Å². The van der Waals surface area contributed by atoms with Crippen LogP contribution in [0.5, 0.6) is 0 Å². The molecule has 1 unspecified atom stereocenters. The zero-order valence-electron chi connectivity index (χ0n) is 14.7. The molecule has 0 aromatic heterocycles. The molecule has 2 amide bonds. The van der Waals surface area contributed by atoms with E-state index < -0.39 is 11.4 Å². The van der Waals surface area contributed by atoms with Gasteiger partial charge in [-0.2, -0.15) is 0 Å². The topological polar surface area (TPSA) is 63.4 Å². The first-order valence-corrected chi connectivity index (χ1v) is 8.11. The highest BCUT2D eigenvalue weighted by Crippen LogP contribution is 2.26. The second-order valence-electron chi connectivity index (χ2n) is 6.69. The van der Waals surface area contributed by atoms with Crippen molar-refractivity contribution in [1.82, 2.24) is 4.90 Å². The number of nitrogens with zero attached hydrogens (tertiary/aromatic N) is 1. The van der Waals surface area contributed by atoms with E-state index in [0.29, 0.717) is 12.0 Å². The number of carbonyl (C=O) groups is 2. The molecule has 0 aromatic rings. The lowest BCUT2D eigenvalue weighted by atomic mass is 9.93. The summed E-state index contributed by atoms with van der Waals surface area (Å²) < 4.78 is 0. The van der Waals surface area contributed by atoms with E-state index >= 15 is 0 Å². The fourth-order valence-electron chi connectivity index (χ4n) is 2.61. The van der Waals surface area contributed by atoms with Gasteiger partial charge in [-0.25, -0.2) is 0 Å². The molecule has 0 aliphatic heterocycles. The normalized spacial score (nSPS) is 12.5. The van der Waals surface area contributed by atoms with Gasteiger partial charge < -0.3 is 10.6 Å². The number of carbonyl (C=O) groups excluding carboxylic acids is 2. The molecule has 0 rings (SSSR count). The molecule has 0 aromatic carbocycles. The van der Waals surface area contributed by atoms with E-state index in [1.807, 2.05) is 20.8 Å². The Labute approximate surface area is 135 Å². The zero-order valence-corrected chi connectivity index (χ0v) is 14.7. The van der Waals surface area contributed by atoms with Gasteiger partial charge >= 0.3 is 0 Å². The molecule has 0 fully saturated rings. The smallest absolute Gasteiger partial charge is 0.246 e. The maximum Gasteiger partial charge on any atom is 0.246 e. The molecule has 4 nitrogen and oxygen atoms in total. The molecule has 2 N–H and O–H groups in total. The van der Waals surface area contributed by atoms with Crippen LogP contribution in [-0.2, 0) is 9.59 Å². The Morgan fingerprint density at radius 2 is 1.73 bits per heavy atom. The van der Waals surface area contributed by atoms with Crippen LogP contribution in [0.2, 0.25) is 0 Å². The van der Waals surface area contributed by atoms with Crippen molar-refractivity contribution in [3.05, 3.63) is 24.8 Å². The number of hydrogen-bond donors (Lipinski definition) is 1. The Bertz CT molecular complexity index is 408. The largest absolute Gasteiger partial charge is 0.366 e. The second-order valence-corrected chi connectivity index (χ2v) is 6.69. The molecule has 0 aliphatic carbocycles. The first kappa shape index (κ1) is 20.4. The van der Waals surface area contributed by atoms with Gasteiger partial charge in [-0.05, 0) is 33.3 Å². The average Bonchev–Trinajstić information content (AvgIpc) is 2.42. The molecular formula is C18H32N2O2. The average molecular weight is 308 g/mol. The lowest BCUT2D eigenvalue weighted by Gasteiger charge is -2.41. The van der Waals surface area contributed by atoms with Gasteiger partial charge in [-0.1, -0.05) is 52.2 Å². The van der Waals surface area contributed by atoms with E-state index in [1.165, 1.54) is 18.9 Å². The number of amides is 2. The molecule has 1 atom stereocenters. The number of unbranched alkanes of at least 4 members (excludes halogenated alkanes) is 4. The quantitative estimate of drug-likeness (QED) is 0.495. The number of rotatable bonds is 10. The Kier molecular flexibility index (Phi) is 8.76. The lowest BCUT2D eigenvalue weighted by Crippen LogP contribution is -2.53. The molecule has 0 bridgehead atoms. The van der Waals surface area contributed by atoms with Crippen LogP contribution in [0, 0.1) is 0 Å². The third kappa shape index (κ3) is 6.46. The molecule has 0 saturated carbocycles. The van der Waals surface area contributed by atoms with Gasteiger partial charge in [0, 0.05) is 11.1 Å². The fourth-order valence-corrected chi connectivity index (χ4v) is 2.61. The van der Waals surface area contributed by atoms with Crippen molar-refractivity contribution in [2.45, 2.75) is 77.8 Å². The van der Waals surface area contributed by atoms with Gasteiger partial charge in [0.25, 0.3) is 0 Å². The summed E-state index contributed by atoms with van der Waals surface area (Å²) in [5.41, 5.74) is 5.27. The van der Waals surface area contributed by atoms with E-state index in [9.17, 15) is 9.59 Å². The maximum atomic E-state index is 12.3. The highest BCUT2D eigenvalue weighted by atomic mass is 16.2. The summed E-state index contributed by atoms with van der Waals surface area (Å²) in [6.45, 7) is 15.4. The molecule has 4 heteroatoms. The first-order valence-electron chi connectivity index (χ1n) is 8.11. The van der Waals surface area contributed by atoms with E-state index in [4.69, 9.17) is 5.73 Å². The summed E-state index contributed by atoms with van der Waals surface area (Å²) in [6, 6.07) is -0.371. The van der Waals surface area contributed by atoms with Crippen molar-refractivity contribution in [2.75, 3.05) is 0 Å². The lowest BCUT2D eigenvalue weighted by molar-refractivity contribution is -0.133. The highest BCUT2D eigenvalue weighted by Gasteiger charge is 2.34. The summed E-state index contributed by atoms with van der Waals surface area (Å²) in [5, 5.41) is 0. The van der Waals surface area contributed by atoms with Gasteiger partial charge in [0.15, 0.2) is 0 Å². The number of primary amides is 1. The molecule has 0 spiro atoms. The monoisotopic (exact) mass is 308 g/mol. The van der Waals surface area contributed by atoms with Gasteiger partial charge in [0.1, 0.15) is 0 Å². The van der Waals surface area contributed by atoms with Crippen molar-refractivity contribution in [2.24, 2.45) is 5.73 Å². The standard InChI is InChI=1S/C18H32N2O2/c1-7-9-10-11-12-13-15(14(3)17(19)22)20(16(21)8-2)18(4,5)6/h8,15H,2-3,7,9-13H2,1,4-6H3,(H2,19,22). The minimum Gasteiger partial charge on any atom is -0.366 e. The maximum absolute atomic E-state index is 12.3. The van der Waals surface area contributed by atoms with Crippen LogP contribution < -0.4 is 5.73 Å². The molecule has 0 saturated heterocycles. The van der Waals surface area contributed by atoms with Crippen molar-refractivity contribution in [3.8, 4) is 0 Å². The Morgan fingerprint density at radius 3 is 2.14 bits per heavy atom. The molecule has 0 radical (unpaired) electrons. The SMILES string of the molecule is C=CC(=O)N(C(CCCCCCC)C(=C)C(N)=O)C(C)(C)C. The van der Waals surface area contributed by atoms with Crippen LogP contribution in [0.1, 0.15) is 66.2 Å². The summed E-state index contributed by atoms with van der Waals surface area (Å²) in [5.74, 6) is -0.752. The summed E-state index contributed by atoms with van der Waals surface area (Å²) in [4.78, 5) is 25.5. The molecular weight excluding hydrogens is 276 g/mol. The van der Waals surface area contributed by atoms with Crippen molar-refractivity contribution >= 4 is 11.8 Å². The number of nitrogens with two attached hydrogens (primary N) is 1. The van der Waals surface area contributed by atoms with Gasteiger partial charge in [0.05, 0.1) is 6.04 Å². The third-order valence-electron chi connectivity index (χ3n) is 3.75. The second kappa shape index (κ2) is 9.44. The van der Waals surface area contributed by atoms with Crippen molar-refractivity contribution < 1.29 is 9.59 Å². The molecule has 22 heavy (non-hydrogen) atoms. The summed E-state index contributed by atoms with van der Waals surface area (Å²) >= 11 is 0. The third-order valence-corrected chi connectivity index (χ3v) is 3.75. The van der Waals surface area contributed by atoms with Crippen molar-refractivity contribution in [3.63, 3.8) is 0 Å². The van der Waals surface area contributed by atoms with Gasteiger partial charge in [0.2, 0.25) is 11.8 Å². The highest BCUT2D eigenvalue weighted by molar-refractivity contribution is 5.95. The summed E-state index contributed by atoms with van der Waals surface area (Å²) in [7, 11) is 0. The Hall–Kier alpha value is -1.58. The van der Waals surface area contributed by atoms with Crippen LogP contribution in [0.4, 0.5) is 0 Å². The van der Waals surface area contributed by atoms with Crippen LogP contribution in [0.3, 0.4) is 0 Å². The minimum absolute atomic E-state index is 0.201. The van der Waals surface area contributed by atoms with Crippen LogP contribution in [0.15, 0.2) is 24.8 Å². The van der Waals surface area contributed by atoms with Crippen LogP contribution in [-0.4, -0.2) is 28.3 Å². The van der Waals surface area contributed by atoms with Crippen molar-refractivity contribution in [1.29, 1.82) is 0 Å². The molecule has 126 valence electrons. The molecule has 0 aliphatic rings. The predicted octanol–water partition coefficient (Wildman–Crippen LogP) is 3.57. The Morgan fingerprint density at radius 1 is 1.18 bits per heavy atom. The van der Waals surface area contributed by atoms with Gasteiger partial charge in [-0.15, -0.1) is 0 Å². The van der Waals surface area contributed by atoms with Gasteiger partial charge in [-0.3, -0.25) is 9.59 Å². The predicted molar refractivity (Wildman–Crippen MR) is 92.3 cm³/mol. The first-order chi connectivity index (χ1) is 10.2. The minimum atomic E-state index is -0.551. The fraction of sp³-hybridized carbons (Fsp3) is 0.667. The molecule has 0 heterocycles. The van der Waals surface area contributed by atoms with E-state index in [2.05, 4.69) is 20.1 Å². The number of hydrogen-bond acceptors (Lipinski definition) is 2. The van der Waals surface area contributed by atoms with Crippen LogP contribution >= 0.6 is 0 Å². The zero-order chi connectivity index (χ0) is 17.3. The Balaban J connectivity index is 5.17. The van der Waals surface area contributed by atoms with E-state index in [0.717, 1.165) is 19.3 Å². The summed E-state index contributed by atoms with van der Waals surface area (Å²) in [6.07, 6.45) is 7.55. The van der Waals surface area contributed by atoms with E-state index in [1.54, 1.807) is 4.90 Å².